The third-order valence-corrected chi connectivity index (χ3v) is 5.25. The molecule has 1 amide bonds. The fourth-order valence-corrected chi connectivity index (χ4v) is 3.61. The zero-order chi connectivity index (χ0) is 19.0. The van der Waals surface area contributed by atoms with Crippen LogP contribution in [0.5, 0.6) is 0 Å². The van der Waals surface area contributed by atoms with E-state index in [1.165, 1.54) is 0 Å². The number of H-pyrrole nitrogens is 1. The average molecular weight is 371 g/mol. The number of fused-ring (bicyclic) bond motifs is 1. The maximum Gasteiger partial charge on any atom is 0.309 e. The van der Waals surface area contributed by atoms with Gasteiger partial charge in [0.15, 0.2) is 11.4 Å². The minimum Gasteiger partial charge on any atom is -0.449 e. The fourth-order valence-electron chi connectivity index (χ4n) is 3.61. The highest BCUT2D eigenvalue weighted by Gasteiger charge is 2.47. The van der Waals surface area contributed by atoms with E-state index in [2.05, 4.69) is 20.5 Å². The van der Waals surface area contributed by atoms with E-state index in [9.17, 15) is 14.4 Å². The van der Waals surface area contributed by atoms with Crippen LogP contribution in [0.1, 0.15) is 38.5 Å². The number of amides is 1. The molecular weight excluding hydrogens is 350 g/mol. The maximum absolute atomic E-state index is 12.2. The molecule has 0 radical (unpaired) electrons. The summed E-state index contributed by atoms with van der Waals surface area (Å²) < 4.78 is 5.59. The first-order chi connectivity index (χ1) is 13.0. The van der Waals surface area contributed by atoms with Gasteiger partial charge in [0.1, 0.15) is 5.52 Å². The van der Waals surface area contributed by atoms with Gasteiger partial charge in [0.05, 0.1) is 11.3 Å². The standard InChI is InChI=1S/C18H21N5O4/c19-17(26)18(27-16(25)10-5-6-10)7-1-3-11(9-18)21-14-13-12(4-2-8-20-13)15(24)23-22-14/h2,4,8,10-11H,1,3,5-7,9H2,(H2,19,26)(H,21,22)(H,23,24). The molecule has 0 aliphatic heterocycles. The van der Waals surface area contributed by atoms with Crippen molar-refractivity contribution >= 4 is 28.6 Å². The Bertz CT molecular complexity index is 954. The summed E-state index contributed by atoms with van der Waals surface area (Å²) in [7, 11) is 0. The number of carbonyl (C=O) groups excluding carboxylic acids is 2. The van der Waals surface area contributed by atoms with E-state index in [0.717, 1.165) is 19.3 Å². The van der Waals surface area contributed by atoms with Gasteiger partial charge in [0, 0.05) is 18.7 Å². The van der Waals surface area contributed by atoms with E-state index in [0.29, 0.717) is 29.6 Å². The van der Waals surface area contributed by atoms with Crippen molar-refractivity contribution in [3.8, 4) is 0 Å². The number of ether oxygens (including phenoxy) is 1. The molecule has 4 rings (SSSR count). The number of carbonyl (C=O) groups is 2. The summed E-state index contributed by atoms with van der Waals surface area (Å²) in [5, 5.41) is 10.2. The number of aromatic nitrogens is 3. The molecule has 2 saturated carbocycles. The van der Waals surface area contributed by atoms with Crippen molar-refractivity contribution < 1.29 is 14.3 Å². The summed E-state index contributed by atoms with van der Waals surface area (Å²) in [6.07, 6.45) is 5.29. The smallest absolute Gasteiger partial charge is 0.309 e. The lowest BCUT2D eigenvalue weighted by Crippen LogP contribution is -2.53. The van der Waals surface area contributed by atoms with Gasteiger partial charge in [-0.1, -0.05) is 0 Å². The number of primary amides is 1. The van der Waals surface area contributed by atoms with E-state index in [1.807, 2.05) is 0 Å². The van der Waals surface area contributed by atoms with E-state index >= 15 is 0 Å². The lowest BCUT2D eigenvalue weighted by atomic mass is 9.81. The van der Waals surface area contributed by atoms with E-state index < -0.39 is 11.5 Å². The van der Waals surface area contributed by atoms with Crippen LogP contribution in [0.2, 0.25) is 0 Å². The maximum atomic E-state index is 12.2. The Hall–Kier alpha value is -2.97. The van der Waals surface area contributed by atoms with Gasteiger partial charge in [-0.05, 0) is 44.2 Å². The van der Waals surface area contributed by atoms with Crippen molar-refractivity contribution in [2.75, 3.05) is 5.32 Å². The minimum absolute atomic E-state index is 0.108. The first-order valence-corrected chi connectivity index (χ1v) is 9.11. The largest absolute Gasteiger partial charge is 0.449 e. The van der Waals surface area contributed by atoms with Crippen LogP contribution in [-0.4, -0.2) is 38.7 Å². The molecule has 2 heterocycles. The predicted molar refractivity (Wildman–Crippen MR) is 96.8 cm³/mol. The summed E-state index contributed by atoms with van der Waals surface area (Å²) in [5.41, 5.74) is 4.44. The molecule has 0 saturated heterocycles. The molecule has 2 aliphatic rings. The van der Waals surface area contributed by atoms with Crippen LogP contribution >= 0.6 is 0 Å². The molecule has 4 N–H and O–H groups in total. The summed E-state index contributed by atoms with van der Waals surface area (Å²) in [6, 6.07) is 3.15. The molecule has 0 aromatic carbocycles. The fraction of sp³-hybridized carbons (Fsp3) is 0.500. The monoisotopic (exact) mass is 371 g/mol. The Morgan fingerprint density at radius 3 is 2.89 bits per heavy atom. The van der Waals surface area contributed by atoms with Crippen molar-refractivity contribution in [3.05, 3.63) is 28.7 Å². The topological polar surface area (TPSA) is 140 Å². The summed E-state index contributed by atoms with van der Waals surface area (Å²) in [6.45, 7) is 0. The highest BCUT2D eigenvalue weighted by atomic mass is 16.6. The molecule has 2 unspecified atom stereocenters. The van der Waals surface area contributed by atoms with Crippen molar-refractivity contribution in [1.82, 2.24) is 15.2 Å². The molecule has 2 aromatic heterocycles. The SMILES string of the molecule is NC(=O)C1(OC(=O)C2CC2)CCCC(Nc2n[nH]c(=O)c3cccnc23)C1. The number of rotatable bonds is 5. The Morgan fingerprint density at radius 2 is 2.15 bits per heavy atom. The number of hydrogen-bond acceptors (Lipinski definition) is 7. The highest BCUT2D eigenvalue weighted by molar-refractivity contribution is 5.88. The summed E-state index contributed by atoms with van der Waals surface area (Å²) in [4.78, 5) is 40.4. The molecule has 9 heteroatoms. The number of anilines is 1. The van der Waals surface area contributed by atoms with Crippen LogP contribution in [0.25, 0.3) is 10.9 Å². The van der Waals surface area contributed by atoms with Gasteiger partial charge in [-0.2, -0.15) is 5.10 Å². The molecule has 2 aromatic rings. The summed E-state index contributed by atoms with van der Waals surface area (Å²) >= 11 is 0. The van der Waals surface area contributed by atoms with E-state index in [1.54, 1.807) is 18.3 Å². The molecule has 2 atom stereocenters. The second-order valence-electron chi connectivity index (χ2n) is 7.29. The van der Waals surface area contributed by atoms with Gasteiger partial charge >= 0.3 is 5.97 Å². The second kappa shape index (κ2) is 6.64. The van der Waals surface area contributed by atoms with Crippen LogP contribution < -0.4 is 16.6 Å². The third kappa shape index (κ3) is 3.36. The van der Waals surface area contributed by atoms with Gasteiger partial charge in [0.25, 0.3) is 11.5 Å². The van der Waals surface area contributed by atoms with Gasteiger partial charge in [-0.3, -0.25) is 19.4 Å². The van der Waals surface area contributed by atoms with Crippen LogP contribution in [0.3, 0.4) is 0 Å². The van der Waals surface area contributed by atoms with Crippen LogP contribution in [-0.2, 0) is 14.3 Å². The Labute approximate surface area is 154 Å². The lowest BCUT2D eigenvalue weighted by Gasteiger charge is -2.38. The second-order valence-corrected chi connectivity index (χ2v) is 7.29. The number of nitrogens with zero attached hydrogens (tertiary/aromatic N) is 2. The number of esters is 1. The van der Waals surface area contributed by atoms with E-state index in [-0.39, 0.29) is 29.9 Å². The van der Waals surface area contributed by atoms with Crippen LogP contribution in [0, 0.1) is 5.92 Å². The normalized spacial score (nSPS) is 25.1. The van der Waals surface area contributed by atoms with Gasteiger partial charge < -0.3 is 15.8 Å². The molecule has 142 valence electrons. The Kier molecular flexibility index (Phi) is 4.29. The molecule has 2 fully saturated rings. The first kappa shape index (κ1) is 17.4. The van der Waals surface area contributed by atoms with Crippen molar-refractivity contribution in [1.29, 1.82) is 0 Å². The number of aromatic amines is 1. The Balaban J connectivity index is 1.58. The molecule has 0 bridgehead atoms. The number of nitrogens with two attached hydrogens (primary N) is 1. The lowest BCUT2D eigenvalue weighted by molar-refractivity contribution is -0.172. The Morgan fingerprint density at radius 1 is 1.33 bits per heavy atom. The number of pyridine rings is 1. The minimum atomic E-state index is -1.30. The molecule has 2 aliphatic carbocycles. The summed E-state index contributed by atoms with van der Waals surface area (Å²) in [5.74, 6) is -0.656. The number of hydrogen-bond donors (Lipinski definition) is 3. The molecule has 0 spiro atoms. The first-order valence-electron chi connectivity index (χ1n) is 9.11. The van der Waals surface area contributed by atoms with Crippen LogP contribution in [0.4, 0.5) is 5.82 Å². The van der Waals surface area contributed by atoms with Crippen molar-refractivity contribution in [2.45, 2.75) is 50.2 Å². The van der Waals surface area contributed by atoms with Crippen molar-refractivity contribution in [3.63, 3.8) is 0 Å². The molecule has 27 heavy (non-hydrogen) atoms. The van der Waals surface area contributed by atoms with Gasteiger partial charge in [0.2, 0.25) is 0 Å². The van der Waals surface area contributed by atoms with Gasteiger partial charge in [-0.25, -0.2) is 5.10 Å². The van der Waals surface area contributed by atoms with Crippen molar-refractivity contribution in [2.24, 2.45) is 11.7 Å². The zero-order valence-corrected chi connectivity index (χ0v) is 14.7. The quantitative estimate of drug-likeness (QED) is 0.662. The number of nitrogens with one attached hydrogen (secondary N) is 2. The molecule has 9 nitrogen and oxygen atoms in total. The van der Waals surface area contributed by atoms with E-state index in [4.69, 9.17) is 10.5 Å². The third-order valence-electron chi connectivity index (χ3n) is 5.25. The van der Waals surface area contributed by atoms with Gasteiger partial charge in [-0.15, -0.1) is 0 Å². The highest BCUT2D eigenvalue weighted by Crippen LogP contribution is 2.37. The average Bonchev–Trinajstić information content (AvgIpc) is 3.50. The zero-order valence-electron chi connectivity index (χ0n) is 14.7. The van der Waals surface area contributed by atoms with Crippen LogP contribution in [0.15, 0.2) is 23.1 Å². The predicted octanol–water partition coefficient (Wildman–Crippen LogP) is 0.850. The molecular formula is C18H21N5O4.